The van der Waals surface area contributed by atoms with Crippen LogP contribution in [0.1, 0.15) is 22.3 Å². The van der Waals surface area contributed by atoms with Gasteiger partial charge in [-0.1, -0.05) is 76.1 Å². The first-order valence-electron chi connectivity index (χ1n) is 9.68. The Bertz CT molecular complexity index is 1170. The van der Waals surface area contributed by atoms with Crippen molar-refractivity contribution in [3.8, 4) is 0 Å². The number of aryl methyl sites for hydroxylation is 2. The molecule has 1 aliphatic heterocycles. The summed E-state index contributed by atoms with van der Waals surface area (Å²) in [5.74, 6) is -0.605. The number of nitrogens with one attached hydrogen (secondary N) is 1. The first-order valence-corrected chi connectivity index (χ1v) is 10.5. The molecule has 0 atom stereocenters. The van der Waals surface area contributed by atoms with E-state index < -0.39 is 0 Å². The third-order valence-electron chi connectivity index (χ3n) is 5.10. The molecule has 150 valence electrons. The molecule has 4 nitrogen and oxygen atoms in total. The van der Waals surface area contributed by atoms with Crippen LogP contribution in [-0.2, 0) is 16.1 Å². The van der Waals surface area contributed by atoms with Gasteiger partial charge in [-0.15, -0.1) is 0 Å². The van der Waals surface area contributed by atoms with Gasteiger partial charge >= 0.3 is 0 Å². The molecule has 1 heterocycles. The van der Waals surface area contributed by atoms with Crippen molar-refractivity contribution in [1.82, 2.24) is 4.90 Å². The van der Waals surface area contributed by atoms with Gasteiger partial charge in [-0.25, -0.2) is 0 Å². The molecule has 2 amide bonds. The van der Waals surface area contributed by atoms with E-state index in [0.717, 1.165) is 32.4 Å². The molecule has 0 radical (unpaired) electrons. The van der Waals surface area contributed by atoms with E-state index in [-0.39, 0.29) is 18.4 Å². The third kappa shape index (κ3) is 3.94. The van der Waals surface area contributed by atoms with Crippen LogP contribution < -0.4 is 5.32 Å². The highest BCUT2D eigenvalue weighted by Crippen LogP contribution is 2.33. The van der Waals surface area contributed by atoms with Gasteiger partial charge in [-0.3, -0.25) is 14.5 Å². The number of anilines is 1. The third-order valence-corrected chi connectivity index (χ3v) is 5.59. The number of halogens is 1. The summed E-state index contributed by atoms with van der Waals surface area (Å²) < 4.78 is 0.888. The molecule has 0 bridgehead atoms. The lowest BCUT2D eigenvalue weighted by molar-refractivity contribution is -0.137. The van der Waals surface area contributed by atoms with Crippen molar-refractivity contribution in [2.75, 3.05) is 5.32 Å². The number of carbonyl (C=O) groups excluding carboxylic acids is 2. The van der Waals surface area contributed by atoms with Crippen LogP contribution in [0, 0.1) is 13.8 Å². The lowest BCUT2D eigenvalue weighted by Gasteiger charge is -2.15. The predicted octanol–water partition coefficient (Wildman–Crippen LogP) is 5.46. The molecule has 0 saturated carbocycles. The van der Waals surface area contributed by atoms with Crippen LogP contribution in [0.2, 0.25) is 0 Å². The number of hydrogen-bond acceptors (Lipinski definition) is 3. The number of nitrogens with zero attached hydrogens (tertiary/aromatic N) is 1. The molecule has 3 aromatic rings. The van der Waals surface area contributed by atoms with Gasteiger partial charge in [0.05, 0.1) is 12.1 Å². The summed E-state index contributed by atoms with van der Waals surface area (Å²) in [6.45, 7) is 4.20. The van der Waals surface area contributed by atoms with Crippen molar-refractivity contribution in [1.29, 1.82) is 0 Å². The first kappa shape index (κ1) is 20.1. The molecule has 1 aliphatic rings. The van der Waals surface area contributed by atoms with E-state index in [2.05, 4.69) is 21.2 Å². The summed E-state index contributed by atoms with van der Waals surface area (Å²) in [5, 5.41) is 3.21. The minimum absolute atomic E-state index is 0.233. The highest BCUT2D eigenvalue weighted by Gasteiger charge is 2.39. The van der Waals surface area contributed by atoms with Gasteiger partial charge in [0.2, 0.25) is 0 Å². The Labute approximate surface area is 184 Å². The van der Waals surface area contributed by atoms with E-state index in [9.17, 15) is 9.59 Å². The molecule has 30 heavy (non-hydrogen) atoms. The average Bonchev–Trinajstić information content (AvgIpc) is 2.93. The summed E-state index contributed by atoms with van der Waals surface area (Å²) in [4.78, 5) is 28.1. The second-order valence-corrected chi connectivity index (χ2v) is 8.30. The standard InChI is InChI=1S/C25H21BrN2O2/c1-16-11-12-21(17(2)13-16)22-23(27-20-10-6-9-19(26)14-20)25(30)28(24(22)29)15-18-7-4-3-5-8-18/h3-14,27H,15H2,1-2H3. The van der Waals surface area contributed by atoms with E-state index in [1.165, 1.54) is 4.90 Å². The van der Waals surface area contributed by atoms with Crippen molar-refractivity contribution in [3.63, 3.8) is 0 Å². The van der Waals surface area contributed by atoms with Crippen LogP contribution in [0.4, 0.5) is 5.69 Å². The number of benzene rings is 3. The van der Waals surface area contributed by atoms with E-state index >= 15 is 0 Å². The molecule has 3 aromatic carbocycles. The van der Waals surface area contributed by atoms with Gasteiger partial charge in [-0.05, 0) is 48.7 Å². The quantitative estimate of drug-likeness (QED) is 0.514. The zero-order chi connectivity index (χ0) is 21.3. The maximum atomic E-state index is 13.4. The molecule has 0 unspecified atom stereocenters. The van der Waals surface area contributed by atoms with Crippen LogP contribution >= 0.6 is 15.9 Å². The minimum Gasteiger partial charge on any atom is -0.350 e. The maximum absolute atomic E-state index is 13.4. The summed E-state index contributed by atoms with van der Waals surface area (Å²) in [5.41, 5.74) is 5.20. The van der Waals surface area contributed by atoms with E-state index in [0.29, 0.717) is 11.3 Å². The van der Waals surface area contributed by atoms with Gasteiger partial charge < -0.3 is 5.32 Å². The Kier molecular flexibility index (Phi) is 5.55. The van der Waals surface area contributed by atoms with Gasteiger partial charge in [0, 0.05) is 10.2 Å². The number of carbonyl (C=O) groups is 2. The van der Waals surface area contributed by atoms with Crippen LogP contribution in [0.3, 0.4) is 0 Å². The molecule has 0 aliphatic carbocycles. The van der Waals surface area contributed by atoms with Crippen molar-refractivity contribution in [3.05, 3.63) is 105 Å². The summed E-state index contributed by atoms with van der Waals surface area (Å²) in [6.07, 6.45) is 0. The average molecular weight is 461 g/mol. The molecule has 1 N–H and O–H groups in total. The fourth-order valence-corrected chi connectivity index (χ4v) is 4.06. The summed E-state index contributed by atoms with van der Waals surface area (Å²) >= 11 is 3.46. The van der Waals surface area contributed by atoms with Crippen LogP contribution in [0.15, 0.2) is 83.0 Å². The second-order valence-electron chi connectivity index (χ2n) is 7.39. The van der Waals surface area contributed by atoms with Crippen LogP contribution in [0.5, 0.6) is 0 Å². The van der Waals surface area contributed by atoms with Gasteiger partial charge in [0.25, 0.3) is 11.8 Å². The zero-order valence-electron chi connectivity index (χ0n) is 16.8. The molecule has 0 fully saturated rings. The Morgan fingerprint density at radius 3 is 2.33 bits per heavy atom. The Morgan fingerprint density at radius 1 is 0.867 bits per heavy atom. The molecular formula is C25H21BrN2O2. The van der Waals surface area contributed by atoms with E-state index in [4.69, 9.17) is 0 Å². The summed E-state index contributed by atoms with van der Waals surface area (Å²) in [6, 6.07) is 23.0. The van der Waals surface area contributed by atoms with E-state index in [1.807, 2.05) is 86.6 Å². The molecule has 0 spiro atoms. The monoisotopic (exact) mass is 460 g/mol. The van der Waals surface area contributed by atoms with Crippen molar-refractivity contribution in [2.45, 2.75) is 20.4 Å². The van der Waals surface area contributed by atoms with Crippen molar-refractivity contribution in [2.24, 2.45) is 0 Å². The van der Waals surface area contributed by atoms with E-state index in [1.54, 1.807) is 0 Å². The van der Waals surface area contributed by atoms with Crippen LogP contribution in [0.25, 0.3) is 5.57 Å². The second kappa shape index (κ2) is 8.28. The van der Waals surface area contributed by atoms with Crippen LogP contribution in [-0.4, -0.2) is 16.7 Å². The van der Waals surface area contributed by atoms with Gasteiger partial charge in [0.15, 0.2) is 0 Å². The molecule has 0 aromatic heterocycles. The largest absolute Gasteiger partial charge is 0.350 e. The first-order chi connectivity index (χ1) is 14.4. The minimum atomic E-state index is -0.321. The molecule has 5 heteroatoms. The predicted molar refractivity (Wildman–Crippen MR) is 123 cm³/mol. The summed E-state index contributed by atoms with van der Waals surface area (Å²) in [7, 11) is 0. The SMILES string of the molecule is Cc1ccc(C2=C(Nc3cccc(Br)c3)C(=O)N(Cc3ccccc3)C2=O)c(C)c1. The lowest BCUT2D eigenvalue weighted by atomic mass is 9.97. The number of amides is 2. The number of hydrogen-bond donors (Lipinski definition) is 1. The van der Waals surface area contributed by atoms with Gasteiger partial charge in [0.1, 0.15) is 5.70 Å². The van der Waals surface area contributed by atoms with Crippen molar-refractivity contribution < 1.29 is 9.59 Å². The number of rotatable bonds is 5. The zero-order valence-corrected chi connectivity index (χ0v) is 18.4. The fraction of sp³-hybridized carbons (Fsp3) is 0.120. The normalized spacial score (nSPS) is 13.9. The maximum Gasteiger partial charge on any atom is 0.278 e. The molecule has 4 rings (SSSR count). The Morgan fingerprint density at radius 2 is 1.63 bits per heavy atom. The van der Waals surface area contributed by atoms with Gasteiger partial charge in [-0.2, -0.15) is 0 Å². The van der Waals surface area contributed by atoms with Crippen molar-refractivity contribution >= 4 is 39.0 Å². The highest BCUT2D eigenvalue weighted by molar-refractivity contribution is 9.10. The molecular weight excluding hydrogens is 440 g/mol. The highest BCUT2D eigenvalue weighted by atomic mass is 79.9. The topological polar surface area (TPSA) is 49.4 Å². The lowest BCUT2D eigenvalue weighted by Crippen LogP contribution is -2.32. The number of imide groups is 1. The smallest absolute Gasteiger partial charge is 0.278 e. The Balaban J connectivity index is 1.79. The Hall–Kier alpha value is -3.18. The fourth-order valence-electron chi connectivity index (χ4n) is 3.66. The molecule has 0 saturated heterocycles.